The monoisotopic (exact) mass is 420 g/mol. The molecular formula is C27H32S2. The molecule has 0 radical (unpaired) electrons. The molecule has 152 valence electrons. The van der Waals surface area contributed by atoms with Gasteiger partial charge in [-0.05, 0) is 101 Å². The van der Waals surface area contributed by atoms with Gasteiger partial charge >= 0.3 is 0 Å². The second-order valence-electron chi connectivity index (χ2n) is 8.45. The summed E-state index contributed by atoms with van der Waals surface area (Å²) in [5.74, 6) is 0. The Kier molecular flexibility index (Phi) is 6.55. The van der Waals surface area contributed by atoms with Crippen molar-refractivity contribution >= 4 is 23.5 Å². The summed E-state index contributed by atoms with van der Waals surface area (Å²) in [5, 5.41) is 0. The van der Waals surface area contributed by atoms with Crippen molar-refractivity contribution in [1.82, 2.24) is 0 Å². The first-order valence-corrected chi connectivity index (χ1v) is 11.8. The molecule has 0 aliphatic carbocycles. The van der Waals surface area contributed by atoms with E-state index < -0.39 is 0 Å². The Morgan fingerprint density at radius 3 is 0.966 bits per heavy atom. The molecule has 0 aromatic heterocycles. The quantitative estimate of drug-likeness (QED) is 0.413. The lowest BCUT2D eigenvalue weighted by Gasteiger charge is -2.20. The van der Waals surface area contributed by atoms with Crippen LogP contribution in [0.1, 0.15) is 50.1 Å². The van der Waals surface area contributed by atoms with Gasteiger partial charge in [-0.1, -0.05) is 65.0 Å². The minimum absolute atomic E-state index is 1.34. The average Bonchev–Trinajstić information content (AvgIpc) is 2.58. The fourth-order valence-corrected chi connectivity index (χ4v) is 6.63. The van der Waals surface area contributed by atoms with Crippen LogP contribution < -0.4 is 0 Å². The summed E-state index contributed by atoms with van der Waals surface area (Å²) in [5.41, 5.74) is 12.3. The molecule has 0 amide bonds. The third kappa shape index (κ3) is 4.59. The first kappa shape index (κ1) is 22.1. The van der Waals surface area contributed by atoms with Crippen molar-refractivity contribution in [3.63, 3.8) is 0 Å². The van der Waals surface area contributed by atoms with Gasteiger partial charge < -0.3 is 0 Å². The van der Waals surface area contributed by atoms with E-state index in [1.165, 1.54) is 69.7 Å². The van der Waals surface area contributed by atoms with Crippen molar-refractivity contribution in [2.45, 2.75) is 81.9 Å². The fraction of sp³-hybridized carbons (Fsp3) is 0.333. The molecule has 3 aromatic carbocycles. The zero-order valence-electron chi connectivity index (χ0n) is 19.2. The SMILES string of the molecule is Cc1cc(C)c(Sc2c(C)cc(C)c(Sc3c(C)cc(C)cc3C)c2C)c(C)c1. The first-order chi connectivity index (χ1) is 13.6. The zero-order valence-corrected chi connectivity index (χ0v) is 20.8. The van der Waals surface area contributed by atoms with Crippen LogP contribution in [-0.4, -0.2) is 0 Å². The number of hydrogen-bond donors (Lipinski definition) is 0. The standard InChI is InChI=1S/C27H32S2/c1-15-10-17(3)24(18(4)11-15)28-26-21(7)14-22(8)27(23(26)9)29-25-19(5)12-16(2)13-20(25)6/h10-14H,1-9H3. The molecule has 29 heavy (non-hydrogen) atoms. The third-order valence-corrected chi connectivity index (χ3v) is 8.81. The summed E-state index contributed by atoms with van der Waals surface area (Å²) in [6.45, 7) is 20.1. The molecule has 3 rings (SSSR count). The fourth-order valence-electron chi connectivity index (χ4n) is 4.32. The van der Waals surface area contributed by atoms with Crippen LogP contribution in [0.5, 0.6) is 0 Å². The van der Waals surface area contributed by atoms with Crippen LogP contribution in [0.2, 0.25) is 0 Å². The molecule has 0 aliphatic rings. The molecule has 3 aromatic rings. The highest BCUT2D eigenvalue weighted by atomic mass is 32.2. The van der Waals surface area contributed by atoms with Crippen molar-refractivity contribution in [3.05, 3.63) is 80.4 Å². The van der Waals surface area contributed by atoms with E-state index in [1.807, 2.05) is 23.5 Å². The number of benzene rings is 3. The van der Waals surface area contributed by atoms with Crippen molar-refractivity contribution < 1.29 is 0 Å². The molecule has 2 heteroatoms. The summed E-state index contributed by atoms with van der Waals surface area (Å²) in [6.07, 6.45) is 0. The predicted octanol–water partition coefficient (Wildman–Crippen LogP) is 8.76. The van der Waals surface area contributed by atoms with E-state index in [0.29, 0.717) is 0 Å². The number of hydrogen-bond acceptors (Lipinski definition) is 2. The molecule has 0 heterocycles. The Bertz CT molecular complexity index is 960. The topological polar surface area (TPSA) is 0 Å². The second kappa shape index (κ2) is 8.62. The summed E-state index contributed by atoms with van der Waals surface area (Å²) >= 11 is 3.87. The summed E-state index contributed by atoms with van der Waals surface area (Å²) in [4.78, 5) is 5.58. The van der Waals surface area contributed by atoms with E-state index in [4.69, 9.17) is 0 Å². The maximum atomic E-state index is 2.36. The van der Waals surface area contributed by atoms with Gasteiger partial charge in [0.2, 0.25) is 0 Å². The highest BCUT2D eigenvalue weighted by molar-refractivity contribution is 8.00. The van der Waals surface area contributed by atoms with Gasteiger partial charge in [0.15, 0.2) is 0 Å². The molecule has 0 aliphatic heterocycles. The predicted molar refractivity (Wildman–Crippen MR) is 130 cm³/mol. The molecule has 0 saturated carbocycles. The Morgan fingerprint density at radius 1 is 0.379 bits per heavy atom. The van der Waals surface area contributed by atoms with Gasteiger partial charge in [-0.3, -0.25) is 0 Å². The van der Waals surface area contributed by atoms with Crippen LogP contribution in [0.3, 0.4) is 0 Å². The van der Waals surface area contributed by atoms with Gasteiger partial charge in [0.05, 0.1) is 0 Å². The van der Waals surface area contributed by atoms with E-state index in [1.54, 1.807) is 0 Å². The van der Waals surface area contributed by atoms with Crippen LogP contribution in [0.15, 0.2) is 49.9 Å². The van der Waals surface area contributed by atoms with Crippen molar-refractivity contribution in [3.8, 4) is 0 Å². The molecule has 0 saturated heterocycles. The first-order valence-electron chi connectivity index (χ1n) is 10.2. The Morgan fingerprint density at radius 2 is 0.655 bits per heavy atom. The number of aryl methyl sites for hydroxylation is 8. The van der Waals surface area contributed by atoms with Crippen molar-refractivity contribution in [2.24, 2.45) is 0 Å². The van der Waals surface area contributed by atoms with Crippen LogP contribution in [-0.2, 0) is 0 Å². The molecule has 0 atom stereocenters. The Balaban J connectivity index is 2.09. The third-order valence-electron chi connectivity index (χ3n) is 5.45. The van der Waals surface area contributed by atoms with Gasteiger partial charge in [0, 0.05) is 19.6 Å². The Hall–Kier alpha value is -1.64. The number of rotatable bonds is 4. The summed E-state index contributed by atoms with van der Waals surface area (Å²) < 4.78 is 0. The lowest BCUT2D eigenvalue weighted by molar-refractivity contribution is 1.08. The molecule has 0 N–H and O–H groups in total. The van der Waals surface area contributed by atoms with Gasteiger partial charge in [-0.15, -0.1) is 0 Å². The minimum Gasteiger partial charge on any atom is -0.0889 e. The van der Waals surface area contributed by atoms with E-state index in [9.17, 15) is 0 Å². The maximum absolute atomic E-state index is 2.36. The molecule has 0 bridgehead atoms. The van der Waals surface area contributed by atoms with Crippen LogP contribution >= 0.6 is 23.5 Å². The van der Waals surface area contributed by atoms with E-state index in [-0.39, 0.29) is 0 Å². The molecular weight excluding hydrogens is 388 g/mol. The van der Waals surface area contributed by atoms with Crippen LogP contribution in [0.4, 0.5) is 0 Å². The van der Waals surface area contributed by atoms with Crippen molar-refractivity contribution in [2.75, 3.05) is 0 Å². The van der Waals surface area contributed by atoms with Gasteiger partial charge in [-0.25, -0.2) is 0 Å². The zero-order chi connectivity index (χ0) is 21.5. The van der Waals surface area contributed by atoms with Crippen molar-refractivity contribution in [1.29, 1.82) is 0 Å². The molecule has 0 nitrogen and oxygen atoms in total. The molecule has 0 unspecified atom stereocenters. The average molecular weight is 421 g/mol. The molecule has 0 spiro atoms. The smallest absolute Gasteiger partial charge is 0.0192 e. The van der Waals surface area contributed by atoms with Crippen LogP contribution in [0.25, 0.3) is 0 Å². The van der Waals surface area contributed by atoms with E-state index in [2.05, 4.69) is 92.6 Å². The van der Waals surface area contributed by atoms with E-state index >= 15 is 0 Å². The van der Waals surface area contributed by atoms with Gasteiger partial charge in [0.25, 0.3) is 0 Å². The second-order valence-corrected chi connectivity index (χ2v) is 10.5. The highest BCUT2D eigenvalue weighted by Crippen LogP contribution is 2.44. The van der Waals surface area contributed by atoms with Crippen LogP contribution in [0, 0.1) is 62.3 Å². The van der Waals surface area contributed by atoms with Gasteiger partial charge in [0.1, 0.15) is 0 Å². The lowest BCUT2D eigenvalue weighted by Crippen LogP contribution is -1.96. The highest BCUT2D eigenvalue weighted by Gasteiger charge is 2.17. The minimum atomic E-state index is 1.34. The largest absolute Gasteiger partial charge is 0.0889 e. The Labute approximate surface area is 185 Å². The lowest BCUT2D eigenvalue weighted by atomic mass is 10.1. The van der Waals surface area contributed by atoms with E-state index in [0.717, 1.165) is 0 Å². The summed E-state index contributed by atoms with van der Waals surface area (Å²) in [7, 11) is 0. The molecule has 0 fully saturated rings. The normalized spacial score (nSPS) is 11.2. The summed E-state index contributed by atoms with van der Waals surface area (Å²) in [6, 6.07) is 11.5. The maximum Gasteiger partial charge on any atom is 0.0192 e. The van der Waals surface area contributed by atoms with Gasteiger partial charge in [-0.2, -0.15) is 0 Å².